The first kappa shape index (κ1) is 43.1. The van der Waals surface area contributed by atoms with Gasteiger partial charge in [0.2, 0.25) is 21.8 Å². The maximum Gasteiger partial charge on any atom is 0.419 e. The molecule has 4 fully saturated rings. The number of benzene rings is 1. The molecule has 4 amide bonds. The van der Waals surface area contributed by atoms with Gasteiger partial charge in [-0.15, -0.1) is 0 Å². The van der Waals surface area contributed by atoms with Gasteiger partial charge in [-0.2, -0.15) is 13.2 Å². The minimum absolute atomic E-state index is 0.0198. The van der Waals surface area contributed by atoms with Gasteiger partial charge in [-0.25, -0.2) is 13.4 Å². The third kappa shape index (κ3) is 9.17. The summed E-state index contributed by atoms with van der Waals surface area (Å²) in [6, 6.07) is 6.01. The Labute approximate surface area is 346 Å². The number of pyridine rings is 1. The van der Waals surface area contributed by atoms with Crippen molar-refractivity contribution in [3.05, 3.63) is 59.8 Å². The summed E-state index contributed by atoms with van der Waals surface area (Å²) < 4.78 is 74.3. The molecule has 4 heterocycles. The fourth-order valence-electron chi connectivity index (χ4n) is 8.75. The topological polar surface area (TPSA) is 192 Å². The van der Waals surface area contributed by atoms with Crippen molar-refractivity contribution in [3.63, 3.8) is 0 Å². The Balaban J connectivity index is 1.18. The number of hydrogen-bond donors (Lipinski definition) is 3. The van der Waals surface area contributed by atoms with E-state index in [4.69, 9.17) is 4.74 Å². The first-order chi connectivity index (χ1) is 28.2. The predicted molar refractivity (Wildman–Crippen MR) is 210 cm³/mol. The number of nitrogens with zero attached hydrogens (tertiary/aromatic N) is 3. The van der Waals surface area contributed by atoms with Crippen molar-refractivity contribution in [1.82, 2.24) is 24.8 Å². The normalized spacial score (nSPS) is 28.0. The zero-order valence-electron chi connectivity index (χ0n) is 33.7. The average Bonchev–Trinajstić information content (AvgIpc) is 4.06. The lowest BCUT2D eigenvalue weighted by Crippen LogP contribution is -2.58. The molecule has 2 saturated heterocycles. The smallest absolute Gasteiger partial charge is 0.419 e. The molecular weight excluding hydrogens is 808 g/mol. The quantitative estimate of drug-likeness (QED) is 0.259. The monoisotopic (exact) mass is 857 g/mol. The first-order valence-corrected chi connectivity index (χ1v) is 22.0. The summed E-state index contributed by atoms with van der Waals surface area (Å²) >= 11 is 0. The van der Waals surface area contributed by atoms with Crippen LogP contribution in [0.25, 0.3) is 11.3 Å². The molecule has 5 aliphatic rings. The van der Waals surface area contributed by atoms with Crippen LogP contribution in [0.1, 0.15) is 94.6 Å². The lowest BCUT2D eigenvalue weighted by Gasteiger charge is -2.33. The third-order valence-corrected chi connectivity index (χ3v) is 13.8. The van der Waals surface area contributed by atoms with Gasteiger partial charge in [0, 0.05) is 48.9 Å². The number of sulfonamides is 1. The van der Waals surface area contributed by atoms with Gasteiger partial charge in [-0.05, 0) is 89.6 Å². The van der Waals surface area contributed by atoms with E-state index in [9.17, 15) is 50.7 Å². The fourth-order valence-corrected chi connectivity index (χ4v) is 10.1. The van der Waals surface area contributed by atoms with Crippen LogP contribution in [0.3, 0.4) is 0 Å². The van der Waals surface area contributed by atoms with Crippen LogP contribution in [0.5, 0.6) is 5.75 Å². The molecule has 1 aromatic heterocycles. The van der Waals surface area contributed by atoms with Gasteiger partial charge in [0.25, 0.3) is 11.8 Å². The molecule has 3 aliphatic heterocycles. The number of ether oxygens (including phenoxy) is 1. The number of halogens is 3. The molecule has 324 valence electrons. The highest BCUT2D eigenvalue weighted by Crippen LogP contribution is 2.47. The Bertz CT molecular complexity index is 2210. The second kappa shape index (κ2) is 16.1. The number of carbonyl (C=O) groups excluding carboxylic acids is 5. The molecule has 14 nitrogen and oxygen atoms in total. The van der Waals surface area contributed by atoms with Gasteiger partial charge < -0.3 is 25.0 Å². The Morgan fingerprint density at radius 1 is 1.02 bits per heavy atom. The molecule has 1 aromatic carbocycles. The number of nitrogens with one attached hydrogen (secondary N) is 2. The predicted octanol–water partition coefficient (Wildman–Crippen LogP) is 4.72. The molecule has 18 heteroatoms. The maximum atomic E-state index is 14.7. The number of rotatable bonds is 7. The number of esters is 1. The molecule has 2 aliphatic carbocycles. The van der Waals surface area contributed by atoms with Crippen molar-refractivity contribution in [1.29, 1.82) is 0 Å². The molecule has 6 atom stereocenters. The summed E-state index contributed by atoms with van der Waals surface area (Å²) in [5.74, 6) is -6.49. The van der Waals surface area contributed by atoms with Gasteiger partial charge >= 0.3 is 12.1 Å². The minimum Gasteiger partial charge on any atom is -0.507 e. The molecule has 0 bridgehead atoms. The maximum absolute atomic E-state index is 14.7. The second-order valence-corrected chi connectivity index (χ2v) is 19.7. The number of hydrogen-bond acceptors (Lipinski definition) is 10. The van der Waals surface area contributed by atoms with Crippen molar-refractivity contribution < 1.29 is 55.4 Å². The van der Waals surface area contributed by atoms with Crippen LogP contribution in [0, 0.1) is 23.7 Å². The third-order valence-electron chi connectivity index (χ3n) is 12.0. The van der Waals surface area contributed by atoms with Crippen molar-refractivity contribution in [2.75, 3.05) is 19.6 Å². The lowest BCUT2D eigenvalue weighted by atomic mass is 9.92. The molecule has 0 radical (unpaired) electrons. The SMILES string of the molecule is CC(C)(C)OC(=O)C[C@H]1CCCCC/C=C\[C@@H]2C[C@@]2(C(=O)NS(=O)(=O)C2CC2)NC(=O)[C@@H]2[C@H]3CN(C(=O)c4cccc(-c5ccc(O)c(C(F)(F)F)c5)n4)C[C@H]3CN2C1=O. The van der Waals surface area contributed by atoms with Crippen LogP contribution in [-0.2, 0) is 40.1 Å². The van der Waals surface area contributed by atoms with Crippen molar-refractivity contribution in [2.24, 2.45) is 23.7 Å². The standard InChI is InChI=1S/C42H50F3N5O9S/c1-40(2,3)59-34(52)19-25-10-7-5-4-6-8-11-27-20-41(27,39(56)48-60(57,58)28-15-16-28)47-36(53)35-29-23-49(21-26(29)22-50(35)37(25)54)38(55)32-13-9-12-31(46-32)24-14-17-33(51)30(18-24)42(43,44)45/h8-9,11-14,17-18,25-29,35,51H,4-7,10,15-16,19-23H2,1-3H3,(H,47,53)(H,48,56)/b11-8-/t25-,26+,27-,29+,35+,41-/m1/s1. The van der Waals surface area contributed by atoms with E-state index in [0.29, 0.717) is 32.1 Å². The molecule has 7 rings (SSSR count). The Kier molecular flexibility index (Phi) is 11.6. The van der Waals surface area contributed by atoms with Gasteiger partial charge in [-0.3, -0.25) is 28.7 Å². The number of alkyl halides is 3. The van der Waals surface area contributed by atoms with Gasteiger partial charge in [0.1, 0.15) is 28.6 Å². The first-order valence-electron chi connectivity index (χ1n) is 20.4. The van der Waals surface area contributed by atoms with Crippen molar-refractivity contribution in [2.45, 2.75) is 107 Å². The van der Waals surface area contributed by atoms with E-state index in [2.05, 4.69) is 15.0 Å². The van der Waals surface area contributed by atoms with Crippen LogP contribution in [0.4, 0.5) is 13.2 Å². The van der Waals surface area contributed by atoms with E-state index >= 15 is 0 Å². The van der Waals surface area contributed by atoms with E-state index in [1.807, 2.05) is 12.2 Å². The number of aromatic hydroxyl groups is 1. The van der Waals surface area contributed by atoms with Gasteiger partial charge in [0.05, 0.1) is 22.9 Å². The number of amides is 4. The lowest BCUT2D eigenvalue weighted by molar-refractivity contribution is -0.159. The summed E-state index contributed by atoms with van der Waals surface area (Å²) in [7, 11) is -3.97. The summed E-state index contributed by atoms with van der Waals surface area (Å²) in [5.41, 5.74) is -3.66. The van der Waals surface area contributed by atoms with Crippen LogP contribution >= 0.6 is 0 Å². The second-order valence-electron chi connectivity index (χ2n) is 17.7. The van der Waals surface area contributed by atoms with Crippen molar-refractivity contribution >= 4 is 39.6 Å². The molecule has 60 heavy (non-hydrogen) atoms. The number of allylic oxidation sites excluding steroid dienone is 1. The van der Waals surface area contributed by atoms with E-state index in [0.717, 1.165) is 25.0 Å². The average molecular weight is 858 g/mol. The number of carbonyl (C=O) groups is 5. The summed E-state index contributed by atoms with van der Waals surface area (Å²) in [6.07, 6.45) is 2.77. The molecule has 2 saturated carbocycles. The Morgan fingerprint density at radius 2 is 1.77 bits per heavy atom. The van der Waals surface area contributed by atoms with Crippen LogP contribution in [0.15, 0.2) is 48.6 Å². The highest BCUT2D eigenvalue weighted by atomic mass is 32.2. The van der Waals surface area contributed by atoms with Crippen LogP contribution in [0.2, 0.25) is 0 Å². The molecule has 0 spiro atoms. The van der Waals surface area contributed by atoms with E-state index < -0.39 is 103 Å². The van der Waals surface area contributed by atoms with Gasteiger partial charge in [-0.1, -0.05) is 31.1 Å². The molecule has 2 aromatic rings. The van der Waals surface area contributed by atoms with Crippen LogP contribution in [-0.4, -0.2) is 100.0 Å². The zero-order valence-corrected chi connectivity index (χ0v) is 34.5. The fraction of sp³-hybridized carbons (Fsp3) is 0.571. The molecule has 3 N–H and O–H groups in total. The highest BCUT2D eigenvalue weighted by molar-refractivity contribution is 7.91. The van der Waals surface area contributed by atoms with E-state index in [1.165, 1.54) is 34.1 Å². The summed E-state index contributed by atoms with van der Waals surface area (Å²) in [6.45, 7) is 5.28. The Morgan fingerprint density at radius 3 is 2.47 bits per heavy atom. The van der Waals surface area contributed by atoms with Gasteiger partial charge in [0.15, 0.2) is 0 Å². The molecule has 0 unspecified atom stereocenters. The van der Waals surface area contributed by atoms with Crippen molar-refractivity contribution in [3.8, 4) is 17.0 Å². The number of fused-ring (bicyclic) bond motifs is 4. The Hall–Kier alpha value is -5.00. The zero-order chi connectivity index (χ0) is 43.4. The number of phenols is 1. The highest BCUT2D eigenvalue weighted by Gasteiger charge is 2.63. The molecular formula is C42H50F3N5O9S. The number of likely N-dealkylation sites (tertiary alicyclic amines) is 1. The minimum atomic E-state index is -4.83. The van der Waals surface area contributed by atoms with E-state index in [1.54, 1.807) is 20.8 Å². The number of aromatic nitrogens is 1. The number of phenolic OH excluding ortho intramolecular Hbond substituents is 1. The summed E-state index contributed by atoms with van der Waals surface area (Å²) in [4.78, 5) is 77.6. The van der Waals surface area contributed by atoms with E-state index in [-0.39, 0.29) is 49.4 Å². The van der Waals surface area contributed by atoms with Crippen LogP contribution < -0.4 is 10.0 Å². The largest absolute Gasteiger partial charge is 0.507 e. The summed E-state index contributed by atoms with van der Waals surface area (Å²) in [5, 5.41) is 12.0.